The molecule has 0 bridgehead atoms. The van der Waals surface area contributed by atoms with E-state index >= 15 is 0 Å². The molecule has 0 aliphatic rings. The van der Waals surface area contributed by atoms with E-state index in [9.17, 15) is 14.9 Å². The molecule has 0 heterocycles. The summed E-state index contributed by atoms with van der Waals surface area (Å²) < 4.78 is 4.99. The van der Waals surface area contributed by atoms with Crippen LogP contribution in [-0.2, 0) is 9.53 Å². The van der Waals surface area contributed by atoms with Crippen molar-refractivity contribution in [1.29, 1.82) is 0 Å². The molecule has 1 radical (unpaired) electrons. The molecule has 95 valence electrons. The van der Waals surface area contributed by atoms with Crippen LogP contribution >= 0.6 is 0 Å². The Bertz CT molecular complexity index is 533. The van der Waals surface area contributed by atoms with E-state index in [1.165, 1.54) is 32.2 Å². The molecule has 0 aromatic heterocycles. The van der Waals surface area contributed by atoms with Crippen LogP contribution in [0.2, 0.25) is 0 Å². The van der Waals surface area contributed by atoms with Gasteiger partial charge in [0.05, 0.1) is 17.6 Å². The average molecular weight is 250 g/mol. The molecule has 1 N–H and O–H groups in total. The molecule has 0 aliphatic carbocycles. The first-order valence-electron chi connectivity index (χ1n) is 4.97. The van der Waals surface area contributed by atoms with Gasteiger partial charge < -0.3 is 9.84 Å². The Kier molecular flexibility index (Phi) is 4.04. The number of nitro benzene ring substituents is 1. The first kappa shape index (κ1) is 13.7. The van der Waals surface area contributed by atoms with Gasteiger partial charge >= 0.3 is 5.97 Å². The third-order valence-corrected chi connectivity index (χ3v) is 2.41. The third-order valence-electron chi connectivity index (χ3n) is 2.41. The number of aliphatic carboxylic acids is 1. The highest BCUT2D eigenvalue weighted by atomic mass is 16.6. The highest BCUT2D eigenvalue weighted by Crippen LogP contribution is 2.26. The number of hydrogen-bond donors (Lipinski definition) is 1. The highest BCUT2D eigenvalue weighted by Gasteiger charge is 2.17. The average Bonchev–Trinajstić information content (AvgIpc) is 2.31. The van der Waals surface area contributed by atoms with Gasteiger partial charge in [-0.15, -0.1) is 0 Å². The largest absolute Gasteiger partial charge is 0.496 e. The predicted molar refractivity (Wildman–Crippen MR) is 64.8 cm³/mol. The van der Waals surface area contributed by atoms with E-state index in [4.69, 9.17) is 9.84 Å². The van der Waals surface area contributed by atoms with Gasteiger partial charge in [0.2, 0.25) is 0 Å². The second kappa shape index (κ2) is 5.31. The van der Waals surface area contributed by atoms with Crippen LogP contribution in [-0.4, -0.2) is 23.1 Å². The number of rotatable bonds is 4. The number of hydrogen-bond acceptors (Lipinski definition) is 4. The van der Waals surface area contributed by atoms with Gasteiger partial charge in [-0.3, -0.25) is 10.1 Å². The van der Waals surface area contributed by atoms with E-state index in [2.05, 4.69) is 6.92 Å². The van der Waals surface area contributed by atoms with Crippen molar-refractivity contribution in [2.24, 2.45) is 0 Å². The molecule has 0 saturated heterocycles. The van der Waals surface area contributed by atoms with E-state index in [1.807, 2.05) is 0 Å². The molecule has 0 amide bonds. The van der Waals surface area contributed by atoms with Crippen molar-refractivity contribution in [3.05, 3.63) is 51.9 Å². The maximum absolute atomic E-state index is 10.9. The van der Waals surface area contributed by atoms with E-state index in [0.29, 0.717) is 5.56 Å². The quantitative estimate of drug-likeness (QED) is 0.383. The molecular formula is C12H12NO5. The van der Waals surface area contributed by atoms with Crippen molar-refractivity contribution < 1.29 is 19.6 Å². The molecule has 1 rings (SSSR count). The van der Waals surface area contributed by atoms with E-state index in [-0.39, 0.29) is 22.6 Å². The molecule has 1 aromatic rings. The van der Waals surface area contributed by atoms with Crippen LogP contribution in [0.1, 0.15) is 18.1 Å². The van der Waals surface area contributed by atoms with Crippen molar-refractivity contribution in [1.82, 2.24) is 0 Å². The Morgan fingerprint density at radius 3 is 2.56 bits per heavy atom. The number of carboxylic acids is 1. The summed E-state index contributed by atoms with van der Waals surface area (Å²) in [4.78, 5) is 21.1. The summed E-state index contributed by atoms with van der Waals surface area (Å²) in [5, 5.41) is 19.7. The zero-order valence-electron chi connectivity index (χ0n) is 9.97. The molecular weight excluding hydrogens is 238 g/mol. The minimum absolute atomic E-state index is 0.0244. The molecule has 6 heteroatoms. The standard InChI is InChI=1S/C12H12NO5/c1-7-4-5-9(6-10(7)13(16)17)11(18-3)8(2)12(14)15/h4-6H,1H2,2-3H3,(H,14,15). The Balaban J connectivity index is 3.41. The maximum atomic E-state index is 10.9. The summed E-state index contributed by atoms with van der Waals surface area (Å²) in [6, 6.07) is 4.22. The van der Waals surface area contributed by atoms with Gasteiger partial charge in [0.25, 0.3) is 5.69 Å². The number of ether oxygens (including phenoxy) is 1. The fraction of sp³-hybridized carbons (Fsp3) is 0.167. The first-order chi connectivity index (χ1) is 8.38. The lowest BCUT2D eigenvalue weighted by Gasteiger charge is -2.09. The fourth-order valence-electron chi connectivity index (χ4n) is 1.46. The van der Waals surface area contributed by atoms with Crippen molar-refractivity contribution >= 4 is 17.4 Å². The van der Waals surface area contributed by atoms with Crippen LogP contribution in [0.3, 0.4) is 0 Å². The third kappa shape index (κ3) is 2.65. The normalized spacial score (nSPS) is 11.7. The van der Waals surface area contributed by atoms with Crippen LogP contribution < -0.4 is 0 Å². The summed E-state index contributed by atoms with van der Waals surface area (Å²) in [5.74, 6) is -1.06. The highest BCUT2D eigenvalue weighted by molar-refractivity contribution is 5.94. The maximum Gasteiger partial charge on any atom is 0.335 e. The van der Waals surface area contributed by atoms with E-state index < -0.39 is 10.9 Å². The Morgan fingerprint density at radius 1 is 1.50 bits per heavy atom. The van der Waals surface area contributed by atoms with E-state index in [0.717, 1.165) is 0 Å². The molecule has 0 unspecified atom stereocenters. The number of carbonyl (C=O) groups is 1. The van der Waals surface area contributed by atoms with Gasteiger partial charge in [0.1, 0.15) is 5.76 Å². The number of nitro groups is 1. The Morgan fingerprint density at radius 2 is 2.11 bits per heavy atom. The zero-order chi connectivity index (χ0) is 13.9. The topological polar surface area (TPSA) is 89.7 Å². The molecule has 0 aliphatic heterocycles. The summed E-state index contributed by atoms with van der Waals surface area (Å²) in [6.45, 7) is 4.90. The van der Waals surface area contributed by atoms with Crippen LogP contribution in [0.4, 0.5) is 5.69 Å². The summed E-state index contributed by atoms with van der Waals surface area (Å²) >= 11 is 0. The molecule has 1 aromatic carbocycles. The fourth-order valence-corrected chi connectivity index (χ4v) is 1.46. The van der Waals surface area contributed by atoms with Gasteiger partial charge in [-0.05, 0) is 13.8 Å². The zero-order valence-corrected chi connectivity index (χ0v) is 9.97. The molecule has 18 heavy (non-hydrogen) atoms. The van der Waals surface area contributed by atoms with Crippen molar-refractivity contribution in [3.63, 3.8) is 0 Å². The number of carboxylic acid groups (broad SMARTS) is 1. The van der Waals surface area contributed by atoms with Gasteiger partial charge in [-0.25, -0.2) is 4.79 Å². The second-order valence-electron chi connectivity index (χ2n) is 3.56. The van der Waals surface area contributed by atoms with Crippen LogP contribution in [0.15, 0.2) is 23.8 Å². The molecule has 6 nitrogen and oxygen atoms in total. The number of nitrogens with zero attached hydrogens (tertiary/aromatic N) is 1. The van der Waals surface area contributed by atoms with Gasteiger partial charge in [-0.1, -0.05) is 12.1 Å². The van der Waals surface area contributed by atoms with Gasteiger partial charge in [0.15, 0.2) is 0 Å². The van der Waals surface area contributed by atoms with Crippen molar-refractivity contribution in [2.75, 3.05) is 7.11 Å². The molecule has 0 saturated carbocycles. The Labute approximate surface area is 104 Å². The van der Waals surface area contributed by atoms with Crippen LogP contribution in [0, 0.1) is 17.0 Å². The second-order valence-corrected chi connectivity index (χ2v) is 3.56. The molecule has 0 spiro atoms. The van der Waals surface area contributed by atoms with Crippen LogP contribution in [0.5, 0.6) is 0 Å². The Hall–Kier alpha value is -2.37. The first-order valence-corrected chi connectivity index (χ1v) is 4.97. The summed E-state index contributed by atoms with van der Waals surface area (Å²) in [6.07, 6.45) is 0. The number of methoxy groups -OCH3 is 1. The molecule has 0 atom stereocenters. The minimum atomic E-state index is -1.15. The van der Waals surface area contributed by atoms with Crippen LogP contribution in [0.25, 0.3) is 5.76 Å². The van der Waals surface area contributed by atoms with Gasteiger partial charge in [-0.2, -0.15) is 0 Å². The minimum Gasteiger partial charge on any atom is -0.496 e. The SMILES string of the molecule is [CH2]c1ccc(C(OC)=C(C)C(=O)O)cc1[N+](=O)[O-]. The predicted octanol–water partition coefficient (Wildman–Crippen LogP) is 2.24. The van der Waals surface area contributed by atoms with Crippen molar-refractivity contribution in [2.45, 2.75) is 6.92 Å². The lowest BCUT2D eigenvalue weighted by Crippen LogP contribution is -2.03. The van der Waals surface area contributed by atoms with E-state index in [1.54, 1.807) is 0 Å². The van der Waals surface area contributed by atoms with Gasteiger partial charge in [0, 0.05) is 17.2 Å². The lowest BCUT2D eigenvalue weighted by atomic mass is 10.1. The lowest BCUT2D eigenvalue weighted by molar-refractivity contribution is -0.385. The smallest absolute Gasteiger partial charge is 0.335 e. The monoisotopic (exact) mass is 250 g/mol. The molecule has 0 fully saturated rings. The van der Waals surface area contributed by atoms with Crippen molar-refractivity contribution in [3.8, 4) is 0 Å². The number of benzene rings is 1. The summed E-state index contributed by atoms with van der Waals surface area (Å²) in [5.41, 5.74) is 0.382. The summed E-state index contributed by atoms with van der Waals surface area (Å²) in [7, 11) is 1.31.